The zero-order valence-electron chi connectivity index (χ0n) is 13.8. The third kappa shape index (κ3) is 5.31. The van der Waals surface area contributed by atoms with Gasteiger partial charge < -0.3 is 14.6 Å². The van der Waals surface area contributed by atoms with Gasteiger partial charge in [-0.2, -0.15) is 5.10 Å². The molecule has 0 aromatic heterocycles. The van der Waals surface area contributed by atoms with Crippen molar-refractivity contribution in [3.05, 3.63) is 55.5 Å². The van der Waals surface area contributed by atoms with Crippen LogP contribution in [-0.4, -0.2) is 35.9 Å². The lowest BCUT2D eigenvalue weighted by Crippen LogP contribution is -2.24. The van der Waals surface area contributed by atoms with Crippen molar-refractivity contribution in [2.45, 2.75) is 0 Å². The van der Waals surface area contributed by atoms with Gasteiger partial charge in [0.25, 0.3) is 5.91 Å². The lowest BCUT2D eigenvalue weighted by atomic mass is 10.1. The van der Waals surface area contributed by atoms with Crippen molar-refractivity contribution in [1.82, 2.24) is 5.43 Å². The number of phenols is 1. The van der Waals surface area contributed by atoms with E-state index in [-0.39, 0.29) is 23.7 Å². The van der Waals surface area contributed by atoms with Crippen molar-refractivity contribution in [3.8, 4) is 17.2 Å². The van der Waals surface area contributed by atoms with Gasteiger partial charge in [-0.1, -0.05) is 11.6 Å². The van der Waals surface area contributed by atoms with Crippen molar-refractivity contribution in [2.75, 3.05) is 13.7 Å². The van der Waals surface area contributed by atoms with E-state index in [0.29, 0.717) is 15.2 Å². The van der Waals surface area contributed by atoms with E-state index in [9.17, 15) is 20.0 Å². The number of aromatic hydroxyl groups is 1. The first kappa shape index (κ1) is 20.5. The quantitative estimate of drug-likeness (QED) is 0.373. The summed E-state index contributed by atoms with van der Waals surface area (Å²) in [5.41, 5.74) is 1.75. The Hall–Kier alpha value is -2.85. The maximum Gasteiger partial charge on any atom is 0.323 e. The molecule has 2 aromatic rings. The van der Waals surface area contributed by atoms with Crippen LogP contribution in [0.3, 0.4) is 0 Å². The molecular weight excluding hydrogens is 446 g/mol. The first-order valence-corrected chi connectivity index (χ1v) is 8.44. The molecule has 0 spiro atoms. The second kappa shape index (κ2) is 9.19. The number of benzene rings is 2. The highest BCUT2D eigenvalue weighted by molar-refractivity contribution is 9.10. The Morgan fingerprint density at radius 1 is 1.44 bits per heavy atom. The van der Waals surface area contributed by atoms with Gasteiger partial charge in [-0.3, -0.25) is 14.9 Å². The molecule has 142 valence electrons. The van der Waals surface area contributed by atoms with E-state index in [0.717, 1.165) is 6.21 Å². The maximum absolute atomic E-state index is 11.8. The number of methoxy groups -OCH3 is 1. The molecular formula is C16H13BrClN3O6. The van der Waals surface area contributed by atoms with E-state index in [1.807, 2.05) is 0 Å². The predicted octanol–water partition coefficient (Wildman–Crippen LogP) is 3.25. The lowest BCUT2D eigenvalue weighted by molar-refractivity contribution is -0.386. The average Bonchev–Trinajstić information content (AvgIpc) is 2.61. The Kier molecular flexibility index (Phi) is 6.97. The minimum Gasteiger partial charge on any atom is -0.504 e. The van der Waals surface area contributed by atoms with Gasteiger partial charge in [-0.15, -0.1) is 0 Å². The van der Waals surface area contributed by atoms with Gasteiger partial charge in [0.2, 0.25) is 5.75 Å². The number of amides is 1. The number of nitro benzene ring substituents is 1. The summed E-state index contributed by atoms with van der Waals surface area (Å²) in [4.78, 5) is 22.3. The Balaban J connectivity index is 2.02. The molecule has 0 saturated heterocycles. The first-order chi connectivity index (χ1) is 12.8. The number of rotatable bonds is 7. The second-order valence-electron chi connectivity index (χ2n) is 4.97. The van der Waals surface area contributed by atoms with Crippen LogP contribution >= 0.6 is 27.5 Å². The van der Waals surface area contributed by atoms with Gasteiger partial charge in [0.1, 0.15) is 5.75 Å². The molecule has 2 aromatic carbocycles. The smallest absolute Gasteiger partial charge is 0.323 e. The number of nitro groups is 1. The van der Waals surface area contributed by atoms with Gasteiger partial charge in [-0.25, -0.2) is 5.43 Å². The standard InChI is InChI=1S/C16H13BrClN3O6/c1-26-16-12(22)4-2-9(15(16)21(24)25)7-19-20-14(23)8-27-13-5-3-10(18)6-11(13)17/h2-7,22H,8H2,1H3,(H,20,23). The summed E-state index contributed by atoms with van der Waals surface area (Å²) in [5.74, 6) is -0.850. The molecule has 1 amide bonds. The van der Waals surface area contributed by atoms with Crippen LogP contribution in [0.4, 0.5) is 5.69 Å². The summed E-state index contributed by atoms with van der Waals surface area (Å²) in [6, 6.07) is 7.30. The molecule has 9 nitrogen and oxygen atoms in total. The third-order valence-corrected chi connectivity index (χ3v) is 4.03. The summed E-state index contributed by atoms with van der Waals surface area (Å²) in [5, 5.41) is 25.0. The van der Waals surface area contributed by atoms with Crippen LogP contribution in [0.2, 0.25) is 5.02 Å². The highest BCUT2D eigenvalue weighted by atomic mass is 79.9. The monoisotopic (exact) mass is 457 g/mol. The van der Waals surface area contributed by atoms with Gasteiger partial charge in [0.05, 0.1) is 28.3 Å². The minimum absolute atomic E-state index is 0.0383. The van der Waals surface area contributed by atoms with Gasteiger partial charge in [-0.05, 0) is 46.3 Å². The molecule has 0 saturated carbocycles. The molecule has 0 aliphatic carbocycles. The molecule has 0 unspecified atom stereocenters. The van der Waals surface area contributed by atoms with E-state index >= 15 is 0 Å². The fourth-order valence-corrected chi connectivity index (χ4v) is 2.81. The molecule has 0 radical (unpaired) electrons. The van der Waals surface area contributed by atoms with E-state index in [4.69, 9.17) is 21.1 Å². The molecule has 2 N–H and O–H groups in total. The summed E-state index contributed by atoms with van der Waals surface area (Å²) >= 11 is 9.07. The Morgan fingerprint density at radius 2 is 2.19 bits per heavy atom. The number of nitrogens with zero attached hydrogens (tertiary/aromatic N) is 2. The lowest BCUT2D eigenvalue weighted by Gasteiger charge is -2.07. The van der Waals surface area contributed by atoms with E-state index < -0.39 is 16.5 Å². The highest BCUT2D eigenvalue weighted by Gasteiger charge is 2.23. The molecule has 0 fully saturated rings. The SMILES string of the molecule is COc1c(O)ccc(C=NNC(=O)COc2ccc(Cl)cc2Br)c1[N+](=O)[O-]. The topological polar surface area (TPSA) is 123 Å². The number of hydrazone groups is 1. The number of halogens is 2. The molecule has 0 aliphatic heterocycles. The average molecular weight is 459 g/mol. The van der Waals surface area contributed by atoms with Crippen LogP contribution in [-0.2, 0) is 4.79 Å². The van der Waals surface area contributed by atoms with Gasteiger partial charge in [0.15, 0.2) is 12.4 Å². The van der Waals surface area contributed by atoms with Crippen molar-refractivity contribution in [3.63, 3.8) is 0 Å². The van der Waals surface area contributed by atoms with Crippen LogP contribution in [0.25, 0.3) is 0 Å². The molecule has 27 heavy (non-hydrogen) atoms. The van der Waals surface area contributed by atoms with Crippen LogP contribution in [0.15, 0.2) is 39.9 Å². The largest absolute Gasteiger partial charge is 0.504 e. The van der Waals surface area contributed by atoms with Crippen LogP contribution < -0.4 is 14.9 Å². The molecule has 0 bridgehead atoms. The zero-order chi connectivity index (χ0) is 20.0. The molecule has 2 rings (SSSR count). The number of carbonyl (C=O) groups excluding carboxylic acids is 1. The van der Waals surface area contributed by atoms with Crippen molar-refractivity contribution < 1.29 is 24.3 Å². The normalized spacial score (nSPS) is 10.6. The summed E-state index contributed by atoms with van der Waals surface area (Å²) in [7, 11) is 1.19. The highest BCUT2D eigenvalue weighted by Crippen LogP contribution is 2.37. The minimum atomic E-state index is -0.719. The summed E-state index contributed by atoms with van der Waals surface area (Å²) in [6.07, 6.45) is 1.07. The number of phenolic OH excluding ortho intramolecular Hbond substituents is 1. The fourth-order valence-electron chi connectivity index (χ4n) is 2.01. The molecule has 0 atom stereocenters. The number of nitrogens with one attached hydrogen (secondary N) is 1. The van der Waals surface area contributed by atoms with Crippen LogP contribution in [0, 0.1) is 10.1 Å². The summed E-state index contributed by atoms with van der Waals surface area (Å²) < 4.78 is 10.7. The van der Waals surface area contributed by atoms with Crippen molar-refractivity contribution in [2.24, 2.45) is 5.10 Å². The second-order valence-corrected chi connectivity index (χ2v) is 6.26. The summed E-state index contributed by atoms with van der Waals surface area (Å²) in [6.45, 7) is -0.335. The third-order valence-electron chi connectivity index (χ3n) is 3.17. The number of hydrogen-bond donors (Lipinski definition) is 2. The van der Waals surface area contributed by atoms with Crippen LogP contribution in [0.1, 0.15) is 5.56 Å². The molecule has 11 heteroatoms. The number of hydrogen-bond acceptors (Lipinski definition) is 7. The Morgan fingerprint density at radius 3 is 2.81 bits per heavy atom. The first-order valence-electron chi connectivity index (χ1n) is 7.27. The molecule has 0 heterocycles. The number of ether oxygens (including phenoxy) is 2. The van der Waals surface area contributed by atoms with Gasteiger partial charge >= 0.3 is 5.69 Å². The van der Waals surface area contributed by atoms with E-state index in [1.54, 1.807) is 18.2 Å². The van der Waals surface area contributed by atoms with Crippen molar-refractivity contribution in [1.29, 1.82) is 0 Å². The Labute approximate surface area is 166 Å². The zero-order valence-corrected chi connectivity index (χ0v) is 16.2. The van der Waals surface area contributed by atoms with Crippen molar-refractivity contribution >= 4 is 45.3 Å². The molecule has 0 aliphatic rings. The fraction of sp³-hybridized carbons (Fsp3) is 0.125. The van der Waals surface area contributed by atoms with Crippen LogP contribution in [0.5, 0.6) is 17.2 Å². The number of carbonyl (C=O) groups is 1. The Bertz CT molecular complexity index is 906. The van der Waals surface area contributed by atoms with Gasteiger partial charge in [0, 0.05) is 5.02 Å². The maximum atomic E-state index is 11.8. The predicted molar refractivity (Wildman–Crippen MR) is 102 cm³/mol. The van der Waals surface area contributed by atoms with E-state index in [2.05, 4.69) is 26.5 Å². The van der Waals surface area contributed by atoms with E-state index in [1.165, 1.54) is 19.2 Å².